The smallest absolute Gasteiger partial charge is 1.00 e. The molecule has 1 aromatic rings. The molecule has 1 aliphatic rings. The van der Waals surface area contributed by atoms with Gasteiger partial charge in [0.1, 0.15) is 24.2 Å². The Balaban J connectivity index is -0.000000234. The molecule has 2 rings (SSSR count). The zero-order chi connectivity index (χ0) is 28.9. The summed E-state index contributed by atoms with van der Waals surface area (Å²) in [6.45, 7) is -0.819. The minimum atomic E-state index is -2.74. The molecule has 40 heavy (non-hydrogen) atoms. The Morgan fingerprint density at radius 3 is 1.70 bits per heavy atom. The van der Waals surface area contributed by atoms with Crippen molar-refractivity contribution in [2.45, 2.75) is 30.7 Å². The monoisotopic (exact) mass is 615 g/mol. The molecule has 10 N–H and O–H groups in total. The molecular formula is C20H24ClNNa2O16. The number of aromatic hydroxyl groups is 1. The predicted octanol–water partition coefficient (Wildman–Crippen LogP) is -12.0. The van der Waals surface area contributed by atoms with Crippen LogP contribution in [-0.2, 0) is 28.7 Å². The molecule has 214 valence electrons. The number of phenolic OH excluding ortho intramolecular Hbond substituents is 1. The normalized spacial score (nSPS) is 14.1. The van der Waals surface area contributed by atoms with E-state index in [0.29, 0.717) is 5.69 Å². The van der Waals surface area contributed by atoms with Gasteiger partial charge in [0.05, 0.1) is 19.4 Å². The number of cyclic esters (lactones) is 1. The number of aliphatic carboxylic acids is 4. The maximum atomic E-state index is 10.6. The molecule has 17 nitrogen and oxygen atoms in total. The number of halogens is 1. The van der Waals surface area contributed by atoms with Crippen LogP contribution in [0.25, 0.3) is 0 Å². The summed E-state index contributed by atoms with van der Waals surface area (Å²) >= 11 is 0. The number of phenols is 1. The van der Waals surface area contributed by atoms with Gasteiger partial charge >= 0.3 is 89.0 Å². The standard InChI is InChI=1S/C8H9NO3.C6H8O7.C6H8O6.ClH.2Na/c10-7-3-1-6(2-4-7)9-5-8(11)12;7-3(8)1-6(13,5(11)12)2-4(9)10;7-1-2(8)5-3(9)4(10)6(11)12-5;;;/h1-4,9-10H,5H2,(H,11,12);13H,1-2H2,(H,7,8)(H,9,10)(H,11,12);2,5,7-10H,1H2;1H;;/q;;;;2*+1/p-2/t;;2-,5+;;;/m..0.../s1. The van der Waals surface area contributed by atoms with Crippen molar-refractivity contribution in [1.82, 2.24) is 0 Å². The summed E-state index contributed by atoms with van der Waals surface area (Å²) in [6, 6.07) is 6.20. The Morgan fingerprint density at radius 1 is 0.950 bits per heavy atom. The van der Waals surface area contributed by atoms with E-state index in [1.165, 1.54) is 12.1 Å². The largest absolute Gasteiger partial charge is 1.00 e. The fraction of sp³-hybridized carbons (Fsp3) is 0.350. The van der Waals surface area contributed by atoms with Gasteiger partial charge in [-0.3, -0.25) is 14.4 Å². The molecule has 0 amide bonds. The fourth-order valence-electron chi connectivity index (χ4n) is 2.29. The van der Waals surface area contributed by atoms with Crippen molar-refractivity contribution >= 4 is 35.5 Å². The van der Waals surface area contributed by atoms with Gasteiger partial charge in [-0.15, -0.1) is 0 Å². The molecular weight excluding hydrogens is 592 g/mol. The molecule has 0 fully saturated rings. The maximum Gasteiger partial charge on any atom is 1.00 e. The zero-order valence-electron chi connectivity index (χ0n) is 21.1. The molecule has 0 bridgehead atoms. The molecule has 0 radical (unpaired) electrons. The number of hydrogen-bond acceptors (Lipinski definition) is 13. The average molecular weight is 616 g/mol. The van der Waals surface area contributed by atoms with E-state index >= 15 is 0 Å². The van der Waals surface area contributed by atoms with Crippen LogP contribution in [0.15, 0.2) is 35.8 Å². The molecule has 0 aliphatic carbocycles. The molecule has 1 aliphatic heterocycles. The third-order valence-corrected chi connectivity index (χ3v) is 4.05. The molecule has 0 unspecified atom stereocenters. The summed E-state index contributed by atoms with van der Waals surface area (Å²) in [5.74, 6) is -9.02. The number of benzene rings is 1. The average Bonchev–Trinajstić information content (AvgIpc) is 3.05. The Hall–Kier alpha value is -2.32. The third-order valence-electron chi connectivity index (χ3n) is 4.05. The van der Waals surface area contributed by atoms with Crippen molar-refractivity contribution in [3.63, 3.8) is 0 Å². The minimum absolute atomic E-state index is 0. The minimum Gasteiger partial charge on any atom is -1.00 e. The van der Waals surface area contributed by atoms with Gasteiger partial charge in [0.2, 0.25) is 0 Å². The van der Waals surface area contributed by atoms with Crippen LogP contribution in [0, 0.1) is 0 Å². The molecule has 0 saturated carbocycles. The summed E-state index contributed by atoms with van der Waals surface area (Å²) in [5.41, 5.74) is -2.06. The van der Waals surface area contributed by atoms with Gasteiger partial charge in [-0.25, -0.2) is 9.59 Å². The summed E-state index contributed by atoms with van der Waals surface area (Å²) in [5, 5.41) is 90.5. The quantitative estimate of drug-likeness (QED) is 0.0663. The molecule has 0 spiro atoms. The molecule has 1 heterocycles. The zero-order valence-corrected chi connectivity index (χ0v) is 25.8. The van der Waals surface area contributed by atoms with Crippen LogP contribution in [0.2, 0.25) is 0 Å². The van der Waals surface area contributed by atoms with Crippen LogP contribution in [0.4, 0.5) is 5.69 Å². The number of esters is 1. The number of carbonyl (C=O) groups excluding carboxylic acids is 1. The second-order valence-corrected chi connectivity index (χ2v) is 7.06. The number of ether oxygens (including phenoxy) is 1. The predicted molar refractivity (Wildman–Crippen MR) is 114 cm³/mol. The van der Waals surface area contributed by atoms with Crippen LogP contribution < -0.4 is 81.9 Å². The summed E-state index contributed by atoms with van der Waals surface area (Å²) < 4.78 is 4.25. The number of hydrogen-bond donors (Lipinski definition) is 10. The first-order valence-electron chi connectivity index (χ1n) is 9.78. The van der Waals surface area contributed by atoms with E-state index in [4.69, 9.17) is 46.0 Å². The van der Waals surface area contributed by atoms with Gasteiger partial charge in [0.15, 0.2) is 11.7 Å². The number of aliphatic hydroxyl groups is 4. The Kier molecular flexibility index (Phi) is 23.9. The second-order valence-electron chi connectivity index (χ2n) is 7.06. The number of carboxylic acid groups (broad SMARTS) is 4. The van der Waals surface area contributed by atoms with Gasteiger partial charge in [0.25, 0.3) is 0 Å². The summed E-state index contributed by atoms with van der Waals surface area (Å²) in [4.78, 5) is 51.1. The van der Waals surface area contributed by atoms with Crippen LogP contribution >= 0.6 is 0 Å². The van der Waals surface area contributed by atoms with E-state index in [1.54, 1.807) is 12.1 Å². The molecule has 0 saturated heterocycles. The number of carbonyl (C=O) groups is 5. The van der Waals surface area contributed by atoms with Crippen LogP contribution in [0.5, 0.6) is 5.75 Å². The van der Waals surface area contributed by atoms with Crippen molar-refractivity contribution in [2.24, 2.45) is 0 Å². The number of nitrogens with one attached hydrogen (secondary N) is 1. The first kappa shape index (κ1) is 44.7. The number of anilines is 1. The fourth-order valence-corrected chi connectivity index (χ4v) is 2.29. The number of rotatable bonds is 10. The Labute approximate surface area is 275 Å². The second kappa shape index (κ2) is 21.4. The van der Waals surface area contributed by atoms with E-state index in [2.05, 4.69) is 10.1 Å². The van der Waals surface area contributed by atoms with Crippen molar-refractivity contribution in [1.29, 1.82) is 0 Å². The summed E-state index contributed by atoms with van der Waals surface area (Å²) in [7, 11) is 0. The molecule has 20 heteroatoms. The van der Waals surface area contributed by atoms with E-state index in [-0.39, 0.29) is 83.8 Å². The van der Waals surface area contributed by atoms with Gasteiger partial charge in [-0.2, -0.15) is 0 Å². The topological polar surface area (TPSA) is 312 Å². The van der Waals surface area contributed by atoms with Crippen LogP contribution in [-0.4, -0.2) is 107 Å². The molecule has 0 aromatic heterocycles. The number of carboxylic acids is 4. The van der Waals surface area contributed by atoms with E-state index in [0.717, 1.165) is 0 Å². The van der Waals surface area contributed by atoms with Crippen molar-refractivity contribution in [2.75, 3.05) is 18.5 Å². The van der Waals surface area contributed by atoms with E-state index < -0.39 is 78.6 Å². The Morgan fingerprint density at radius 2 is 1.40 bits per heavy atom. The third kappa shape index (κ3) is 16.7. The first-order chi connectivity index (χ1) is 17.0. The van der Waals surface area contributed by atoms with E-state index in [9.17, 15) is 29.1 Å². The Bertz CT molecular complexity index is 1000. The van der Waals surface area contributed by atoms with Crippen LogP contribution in [0.1, 0.15) is 12.8 Å². The molecule has 2 atom stereocenters. The van der Waals surface area contributed by atoms with Crippen molar-refractivity contribution in [3.05, 3.63) is 35.8 Å². The van der Waals surface area contributed by atoms with Crippen molar-refractivity contribution in [3.8, 4) is 5.75 Å². The van der Waals surface area contributed by atoms with Gasteiger partial charge in [0, 0.05) is 11.4 Å². The summed E-state index contributed by atoms with van der Waals surface area (Å²) in [6.07, 6.45) is -5.17. The molecule has 1 aromatic carbocycles. The SMILES string of the molecule is O=C(O)CC(O)(CC(=O)O)C(=O)O.O=C(O)CNc1ccc(O)cc1.O=C1O[C@H]([C@@H](O)CO)C(O)=C1[O-].[Cl-].[Na+].[Na+]. The van der Waals surface area contributed by atoms with Gasteiger partial charge < -0.3 is 73.5 Å². The van der Waals surface area contributed by atoms with Crippen molar-refractivity contribution < 1.29 is 151 Å². The van der Waals surface area contributed by atoms with Crippen LogP contribution in [0.3, 0.4) is 0 Å². The van der Waals surface area contributed by atoms with Gasteiger partial charge in [-0.1, -0.05) is 0 Å². The van der Waals surface area contributed by atoms with E-state index in [1.807, 2.05) is 0 Å². The first-order valence-corrected chi connectivity index (χ1v) is 9.78. The maximum absolute atomic E-state index is 10.6. The number of aliphatic hydroxyl groups excluding tert-OH is 3. The van der Waals surface area contributed by atoms with Gasteiger partial charge in [-0.05, 0) is 24.3 Å².